The van der Waals surface area contributed by atoms with Crippen LogP contribution in [0.2, 0.25) is 0 Å². The van der Waals surface area contributed by atoms with E-state index in [9.17, 15) is 4.79 Å². The molecule has 0 aliphatic carbocycles. The fraction of sp³-hybridized carbons (Fsp3) is 0.238. The Labute approximate surface area is 161 Å². The Hall–Kier alpha value is -2.24. The van der Waals surface area contributed by atoms with Gasteiger partial charge in [0.2, 0.25) is 0 Å². The van der Waals surface area contributed by atoms with Crippen LogP contribution in [0, 0.1) is 0 Å². The molecule has 0 atom stereocenters. The number of carbonyl (C=O) groups is 1. The van der Waals surface area contributed by atoms with E-state index in [-0.39, 0.29) is 5.78 Å². The third-order valence-corrected chi connectivity index (χ3v) is 6.16. The molecule has 2 aromatic heterocycles. The minimum absolute atomic E-state index is 0.0141. The van der Waals surface area contributed by atoms with Crippen LogP contribution in [0.1, 0.15) is 35.3 Å². The average Bonchev–Trinajstić information content (AvgIpc) is 3.38. The van der Waals surface area contributed by atoms with Crippen LogP contribution in [-0.2, 0) is 0 Å². The fourth-order valence-corrected chi connectivity index (χ4v) is 4.63. The Bertz CT molecular complexity index is 889. The van der Waals surface area contributed by atoms with Gasteiger partial charge in [0, 0.05) is 40.7 Å². The van der Waals surface area contributed by atoms with Crippen molar-refractivity contribution < 1.29 is 4.79 Å². The molecule has 3 aromatic rings. The molecule has 1 aliphatic heterocycles. The Morgan fingerprint density at radius 3 is 2.58 bits per heavy atom. The van der Waals surface area contributed by atoms with Gasteiger partial charge in [-0.1, -0.05) is 0 Å². The standard InChI is InChI=1S/C21H20N2OS2/c24-20(9-6-18-15-26-21(22-18)17-10-13-25-14-17)16-4-7-19(8-5-16)23-11-2-1-3-12-23/h4-10,13-15H,1-3,11-12H2. The van der Waals surface area contributed by atoms with E-state index in [0.717, 1.165) is 34.9 Å². The highest BCUT2D eigenvalue weighted by molar-refractivity contribution is 7.14. The number of anilines is 1. The molecule has 0 radical (unpaired) electrons. The molecule has 3 nitrogen and oxygen atoms in total. The fourth-order valence-electron chi connectivity index (χ4n) is 3.13. The second-order valence-electron chi connectivity index (χ2n) is 6.38. The molecule has 4 rings (SSSR count). The predicted molar refractivity (Wildman–Crippen MR) is 111 cm³/mol. The number of hydrogen-bond donors (Lipinski definition) is 0. The van der Waals surface area contributed by atoms with Crippen molar-refractivity contribution >= 4 is 40.2 Å². The summed E-state index contributed by atoms with van der Waals surface area (Å²) in [6.07, 6.45) is 7.24. The minimum Gasteiger partial charge on any atom is -0.372 e. The van der Waals surface area contributed by atoms with Crippen molar-refractivity contribution in [3.05, 3.63) is 63.8 Å². The van der Waals surface area contributed by atoms with E-state index in [2.05, 4.69) is 33.5 Å². The highest BCUT2D eigenvalue weighted by Crippen LogP contribution is 2.26. The second kappa shape index (κ2) is 7.98. The second-order valence-corrected chi connectivity index (χ2v) is 8.02. The topological polar surface area (TPSA) is 33.2 Å². The van der Waals surface area contributed by atoms with Gasteiger partial charge in [-0.2, -0.15) is 11.3 Å². The SMILES string of the molecule is O=C(C=Cc1csc(-c2ccsc2)n1)c1ccc(N2CCCCC2)cc1. The molecule has 1 aromatic carbocycles. The molecule has 1 fully saturated rings. The third kappa shape index (κ3) is 3.94. The van der Waals surface area contributed by atoms with Gasteiger partial charge >= 0.3 is 0 Å². The molecular weight excluding hydrogens is 360 g/mol. The summed E-state index contributed by atoms with van der Waals surface area (Å²) in [5.74, 6) is 0.0141. The number of benzene rings is 1. The van der Waals surface area contributed by atoms with Crippen LogP contribution in [0.3, 0.4) is 0 Å². The van der Waals surface area contributed by atoms with Crippen LogP contribution < -0.4 is 4.90 Å². The molecule has 26 heavy (non-hydrogen) atoms. The van der Waals surface area contributed by atoms with E-state index in [4.69, 9.17) is 0 Å². The summed E-state index contributed by atoms with van der Waals surface area (Å²) in [5.41, 5.74) is 3.90. The van der Waals surface area contributed by atoms with Crippen LogP contribution in [0.15, 0.2) is 52.5 Å². The monoisotopic (exact) mass is 380 g/mol. The minimum atomic E-state index is 0.0141. The van der Waals surface area contributed by atoms with E-state index >= 15 is 0 Å². The molecule has 0 N–H and O–H groups in total. The molecule has 0 bridgehead atoms. The summed E-state index contributed by atoms with van der Waals surface area (Å²) < 4.78 is 0. The van der Waals surface area contributed by atoms with Crippen molar-refractivity contribution in [2.24, 2.45) is 0 Å². The third-order valence-electron chi connectivity index (χ3n) is 4.57. The number of piperidine rings is 1. The first-order valence-corrected chi connectivity index (χ1v) is 10.7. The van der Waals surface area contributed by atoms with Gasteiger partial charge in [0.25, 0.3) is 0 Å². The van der Waals surface area contributed by atoms with E-state index in [0.29, 0.717) is 0 Å². The van der Waals surface area contributed by atoms with Crippen molar-refractivity contribution in [1.82, 2.24) is 4.98 Å². The maximum Gasteiger partial charge on any atom is 0.185 e. The lowest BCUT2D eigenvalue weighted by atomic mass is 10.1. The van der Waals surface area contributed by atoms with Gasteiger partial charge in [-0.3, -0.25) is 4.79 Å². The molecule has 1 aliphatic rings. The van der Waals surface area contributed by atoms with Gasteiger partial charge in [0.05, 0.1) is 5.69 Å². The lowest BCUT2D eigenvalue weighted by Gasteiger charge is -2.28. The molecule has 0 amide bonds. The molecule has 0 spiro atoms. The highest BCUT2D eigenvalue weighted by atomic mass is 32.1. The lowest BCUT2D eigenvalue weighted by Crippen LogP contribution is -2.29. The number of nitrogens with zero attached hydrogens (tertiary/aromatic N) is 2. The zero-order chi connectivity index (χ0) is 17.8. The summed E-state index contributed by atoms with van der Waals surface area (Å²) in [7, 11) is 0. The van der Waals surface area contributed by atoms with Gasteiger partial charge in [-0.05, 0) is 67.1 Å². The van der Waals surface area contributed by atoms with Crippen LogP contribution >= 0.6 is 22.7 Å². The van der Waals surface area contributed by atoms with Gasteiger partial charge in [0.1, 0.15) is 5.01 Å². The van der Waals surface area contributed by atoms with Gasteiger partial charge in [0.15, 0.2) is 5.78 Å². The number of allylic oxidation sites excluding steroid dienone is 1. The molecule has 0 saturated carbocycles. The van der Waals surface area contributed by atoms with Crippen molar-refractivity contribution in [1.29, 1.82) is 0 Å². The van der Waals surface area contributed by atoms with E-state index < -0.39 is 0 Å². The van der Waals surface area contributed by atoms with Gasteiger partial charge in [-0.25, -0.2) is 4.98 Å². The molecule has 5 heteroatoms. The molecule has 1 saturated heterocycles. The van der Waals surface area contributed by atoms with Gasteiger partial charge in [-0.15, -0.1) is 11.3 Å². The number of thiazole rings is 1. The van der Waals surface area contributed by atoms with E-state index in [1.165, 1.54) is 24.9 Å². The smallest absolute Gasteiger partial charge is 0.185 e. The maximum absolute atomic E-state index is 12.4. The maximum atomic E-state index is 12.4. The predicted octanol–water partition coefficient (Wildman–Crippen LogP) is 5.76. The Morgan fingerprint density at radius 1 is 1.04 bits per heavy atom. The van der Waals surface area contributed by atoms with Crippen molar-refractivity contribution in [2.75, 3.05) is 18.0 Å². The lowest BCUT2D eigenvalue weighted by molar-refractivity contribution is 0.104. The zero-order valence-electron chi connectivity index (χ0n) is 14.4. The van der Waals surface area contributed by atoms with Crippen LogP contribution in [0.25, 0.3) is 16.6 Å². The number of thiophene rings is 1. The molecule has 0 unspecified atom stereocenters. The Morgan fingerprint density at radius 2 is 1.85 bits per heavy atom. The van der Waals surface area contributed by atoms with Crippen LogP contribution in [-0.4, -0.2) is 23.9 Å². The average molecular weight is 381 g/mol. The van der Waals surface area contributed by atoms with Crippen molar-refractivity contribution in [3.63, 3.8) is 0 Å². The Balaban J connectivity index is 1.42. The number of ketones is 1. The molecule has 3 heterocycles. The van der Waals surface area contributed by atoms with E-state index in [1.807, 2.05) is 22.9 Å². The van der Waals surface area contributed by atoms with Crippen LogP contribution in [0.4, 0.5) is 5.69 Å². The molecular formula is C21H20N2OS2. The first-order valence-electron chi connectivity index (χ1n) is 8.85. The largest absolute Gasteiger partial charge is 0.372 e. The number of hydrogen-bond acceptors (Lipinski definition) is 5. The first-order chi connectivity index (χ1) is 12.8. The Kier molecular flexibility index (Phi) is 5.27. The quantitative estimate of drug-likeness (QED) is 0.417. The zero-order valence-corrected chi connectivity index (χ0v) is 16.1. The molecule has 132 valence electrons. The number of aromatic nitrogens is 1. The first kappa shape index (κ1) is 17.2. The summed E-state index contributed by atoms with van der Waals surface area (Å²) >= 11 is 3.26. The summed E-state index contributed by atoms with van der Waals surface area (Å²) in [4.78, 5) is 19.4. The van der Waals surface area contributed by atoms with Gasteiger partial charge < -0.3 is 4.90 Å². The number of rotatable bonds is 5. The summed E-state index contributed by atoms with van der Waals surface area (Å²) in [5, 5.41) is 7.10. The summed E-state index contributed by atoms with van der Waals surface area (Å²) in [6, 6.07) is 10.0. The summed E-state index contributed by atoms with van der Waals surface area (Å²) in [6.45, 7) is 2.23. The van der Waals surface area contributed by atoms with Crippen LogP contribution in [0.5, 0.6) is 0 Å². The van der Waals surface area contributed by atoms with Crippen molar-refractivity contribution in [3.8, 4) is 10.6 Å². The number of carbonyl (C=O) groups excluding carboxylic acids is 1. The highest BCUT2D eigenvalue weighted by Gasteiger charge is 2.11. The van der Waals surface area contributed by atoms with Crippen molar-refractivity contribution in [2.45, 2.75) is 19.3 Å². The normalized spacial score (nSPS) is 14.8. The van der Waals surface area contributed by atoms with E-state index in [1.54, 1.807) is 34.8 Å².